The summed E-state index contributed by atoms with van der Waals surface area (Å²) in [6.07, 6.45) is 4.43. The van der Waals surface area contributed by atoms with Crippen molar-refractivity contribution in [1.82, 2.24) is 0 Å². The second-order valence-corrected chi connectivity index (χ2v) is 4.14. The van der Waals surface area contributed by atoms with Crippen molar-refractivity contribution in [3.05, 3.63) is 54.7 Å². The zero-order valence-electron chi connectivity index (χ0n) is 9.38. The van der Waals surface area contributed by atoms with E-state index in [4.69, 9.17) is 0 Å². The molecule has 0 aliphatic heterocycles. The van der Waals surface area contributed by atoms with Gasteiger partial charge in [-0.05, 0) is 41.3 Å². The van der Waals surface area contributed by atoms with Crippen molar-refractivity contribution < 1.29 is 4.39 Å². The van der Waals surface area contributed by atoms with Crippen LogP contribution in [0.2, 0.25) is 0 Å². The molecule has 0 fully saturated rings. The van der Waals surface area contributed by atoms with E-state index in [0.29, 0.717) is 0 Å². The second kappa shape index (κ2) is 5.11. The van der Waals surface area contributed by atoms with Gasteiger partial charge in [0.05, 0.1) is 0 Å². The predicted octanol–water partition coefficient (Wildman–Crippen LogP) is 4.53. The molecule has 0 heterocycles. The third-order valence-corrected chi connectivity index (χ3v) is 2.83. The molecule has 0 unspecified atom stereocenters. The highest BCUT2D eigenvalue weighted by atomic mass is 19.1. The quantitative estimate of drug-likeness (QED) is 0.657. The fourth-order valence-electron chi connectivity index (χ4n) is 1.93. The Hall–Kier alpha value is -1.37. The van der Waals surface area contributed by atoms with Gasteiger partial charge in [0.25, 0.3) is 0 Å². The van der Waals surface area contributed by atoms with Crippen LogP contribution in [0.15, 0.2) is 36.4 Å². The topological polar surface area (TPSA) is 0 Å². The zero-order valence-corrected chi connectivity index (χ0v) is 9.38. The van der Waals surface area contributed by atoms with E-state index in [9.17, 15) is 4.39 Å². The minimum Gasteiger partial charge on any atom is -0.207 e. The molecule has 16 heavy (non-hydrogen) atoms. The van der Waals surface area contributed by atoms with Crippen LogP contribution < -0.4 is 0 Å². The summed E-state index contributed by atoms with van der Waals surface area (Å²) in [6.45, 7) is 3.83. The molecule has 2 rings (SSSR count). The minimum atomic E-state index is -0.169. The molecule has 0 atom stereocenters. The van der Waals surface area contributed by atoms with Crippen molar-refractivity contribution in [2.45, 2.75) is 25.7 Å². The number of benzene rings is 2. The fourth-order valence-corrected chi connectivity index (χ4v) is 1.93. The van der Waals surface area contributed by atoms with E-state index < -0.39 is 0 Å². The minimum absolute atomic E-state index is 0.169. The molecule has 1 radical (unpaired) electrons. The average molecular weight is 215 g/mol. The molecular formula is C15H16F. The highest BCUT2D eigenvalue weighted by molar-refractivity contribution is 5.83. The van der Waals surface area contributed by atoms with Gasteiger partial charge < -0.3 is 0 Å². The average Bonchev–Trinajstić information content (AvgIpc) is 2.29. The molecule has 1 heteroatoms. The lowest BCUT2D eigenvalue weighted by atomic mass is 10.0. The van der Waals surface area contributed by atoms with Crippen LogP contribution in [-0.2, 0) is 6.42 Å². The lowest BCUT2D eigenvalue weighted by molar-refractivity contribution is 0.629. The summed E-state index contributed by atoms with van der Waals surface area (Å²) < 4.78 is 13.0. The SMILES string of the molecule is [CH2]CCCCc1ccc2cc(F)ccc2c1. The number of hydrogen-bond acceptors (Lipinski definition) is 0. The van der Waals surface area contributed by atoms with Crippen LogP contribution in [0.5, 0.6) is 0 Å². The smallest absolute Gasteiger partial charge is 0.123 e. The number of unbranched alkanes of at least 4 members (excludes halogenated alkanes) is 2. The van der Waals surface area contributed by atoms with Crippen LogP contribution in [0.1, 0.15) is 24.8 Å². The highest BCUT2D eigenvalue weighted by Crippen LogP contribution is 2.18. The molecule has 0 aliphatic carbocycles. The first-order valence-corrected chi connectivity index (χ1v) is 5.77. The van der Waals surface area contributed by atoms with Crippen molar-refractivity contribution in [2.24, 2.45) is 0 Å². The highest BCUT2D eigenvalue weighted by Gasteiger charge is 1.98. The number of fused-ring (bicyclic) bond motifs is 1. The summed E-state index contributed by atoms with van der Waals surface area (Å²) in [4.78, 5) is 0. The Labute approximate surface area is 96.1 Å². The van der Waals surface area contributed by atoms with Crippen LogP contribution in [0, 0.1) is 12.7 Å². The van der Waals surface area contributed by atoms with E-state index in [1.807, 2.05) is 12.1 Å². The van der Waals surface area contributed by atoms with Crippen LogP contribution in [0.25, 0.3) is 10.8 Å². The number of rotatable bonds is 4. The van der Waals surface area contributed by atoms with Crippen molar-refractivity contribution in [1.29, 1.82) is 0 Å². The van der Waals surface area contributed by atoms with Gasteiger partial charge in [0.15, 0.2) is 0 Å². The second-order valence-electron chi connectivity index (χ2n) is 4.14. The van der Waals surface area contributed by atoms with Gasteiger partial charge in [-0.25, -0.2) is 4.39 Å². The van der Waals surface area contributed by atoms with Crippen molar-refractivity contribution in [3.63, 3.8) is 0 Å². The van der Waals surface area contributed by atoms with Gasteiger partial charge in [-0.3, -0.25) is 0 Å². The van der Waals surface area contributed by atoms with Crippen molar-refractivity contribution in [2.75, 3.05) is 0 Å². The number of aryl methyl sites for hydroxylation is 1. The Kier molecular flexibility index (Phi) is 3.55. The maximum Gasteiger partial charge on any atom is 0.123 e. The largest absolute Gasteiger partial charge is 0.207 e. The Bertz CT molecular complexity index is 474. The van der Waals surface area contributed by atoms with E-state index in [2.05, 4.69) is 19.1 Å². The normalized spacial score (nSPS) is 10.9. The molecule has 0 spiro atoms. The number of hydrogen-bond donors (Lipinski definition) is 0. The lowest BCUT2D eigenvalue weighted by Crippen LogP contribution is -1.86. The van der Waals surface area contributed by atoms with Gasteiger partial charge >= 0.3 is 0 Å². The third-order valence-electron chi connectivity index (χ3n) is 2.83. The summed E-state index contributed by atoms with van der Waals surface area (Å²) in [5.41, 5.74) is 1.33. The Balaban J connectivity index is 2.20. The Morgan fingerprint density at radius 1 is 0.938 bits per heavy atom. The number of halogens is 1. The third kappa shape index (κ3) is 2.60. The van der Waals surface area contributed by atoms with Gasteiger partial charge in [-0.2, -0.15) is 0 Å². The Morgan fingerprint density at radius 2 is 1.69 bits per heavy atom. The molecule has 0 aromatic heterocycles. The van der Waals surface area contributed by atoms with Gasteiger partial charge in [-0.1, -0.05) is 44.0 Å². The molecule has 0 saturated heterocycles. The monoisotopic (exact) mass is 215 g/mol. The molecule has 0 N–H and O–H groups in total. The Morgan fingerprint density at radius 3 is 2.50 bits per heavy atom. The first-order valence-electron chi connectivity index (χ1n) is 5.77. The maximum atomic E-state index is 13.0. The maximum absolute atomic E-state index is 13.0. The van der Waals surface area contributed by atoms with Crippen LogP contribution >= 0.6 is 0 Å². The molecule has 0 nitrogen and oxygen atoms in total. The first-order chi connectivity index (χ1) is 7.79. The van der Waals surface area contributed by atoms with Gasteiger partial charge in [-0.15, -0.1) is 0 Å². The zero-order chi connectivity index (χ0) is 11.4. The molecule has 0 bridgehead atoms. The van der Waals surface area contributed by atoms with E-state index in [-0.39, 0.29) is 5.82 Å². The lowest BCUT2D eigenvalue weighted by Gasteiger charge is -2.03. The van der Waals surface area contributed by atoms with Gasteiger partial charge in [0.1, 0.15) is 5.82 Å². The molecule has 83 valence electrons. The standard InChI is InChI=1S/C15H16F/c1-2-3-4-5-12-6-7-14-11-15(16)9-8-13(14)10-12/h6-11H,1-5H2. The predicted molar refractivity (Wildman–Crippen MR) is 66.8 cm³/mol. The molecule has 0 amide bonds. The molecule has 2 aromatic carbocycles. The van der Waals surface area contributed by atoms with Gasteiger partial charge in [0.2, 0.25) is 0 Å². The summed E-state index contributed by atoms with van der Waals surface area (Å²) >= 11 is 0. The van der Waals surface area contributed by atoms with E-state index in [1.54, 1.807) is 6.07 Å². The molecular weight excluding hydrogens is 199 g/mol. The van der Waals surface area contributed by atoms with Crippen molar-refractivity contribution >= 4 is 10.8 Å². The summed E-state index contributed by atoms with van der Waals surface area (Å²) in [7, 11) is 0. The first kappa shape index (κ1) is 11.1. The fraction of sp³-hybridized carbons (Fsp3) is 0.267. The van der Waals surface area contributed by atoms with Crippen LogP contribution in [0.3, 0.4) is 0 Å². The van der Waals surface area contributed by atoms with Crippen LogP contribution in [0.4, 0.5) is 4.39 Å². The van der Waals surface area contributed by atoms with E-state index in [1.165, 1.54) is 24.5 Å². The van der Waals surface area contributed by atoms with Gasteiger partial charge in [0, 0.05) is 0 Å². The van der Waals surface area contributed by atoms with E-state index in [0.717, 1.165) is 23.6 Å². The molecule has 0 aliphatic rings. The summed E-state index contributed by atoms with van der Waals surface area (Å²) in [5.74, 6) is -0.169. The molecule has 0 saturated carbocycles. The van der Waals surface area contributed by atoms with Crippen molar-refractivity contribution in [3.8, 4) is 0 Å². The van der Waals surface area contributed by atoms with E-state index >= 15 is 0 Å². The summed E-state index contributed by atoms with van der Waals surface area (Å²) in [6, 6.07) is 11.2. The van der Waals surface area contributed by atoms with Crippen LogP contribution in [-0.4, -0.2) is 0 Å². The summed E-state index contributed by atoms with van der Waals surface area (Å²) in [5, 5.41) is 2.09. The molecule has 2 aromatic rings.